The molecule has 0 aliphatic rings. The summed E-state index contributed by atoms with van der Waals surface area (Å²) < 4.78 is 24.2. The van der Waals surface area contributed by atoms with E-state index >= 15 is 0 Å². The maximum absolute atomic E-state index is 13.0. The van der Waals surface area contributed by atoms with Crippen LogP contribution in [-0.2, 0) is 6.54 Å². The number of rotatable bonds is 7. The Morgan fingerprint density at radius 3 is 2.51 bits per heavy atom. The largest absolute Gasteiger partial charge is 0.493 e. The minimum Gasteiger partial charge on any atom is -0.493 e. The number of hydrogen-bond acceptors (Lipinski definition) is 10. The van der Waals surface area contributed by atoms with Gasteiger partial charge in [0.2, 0.25) is 17.5 Å². The minimum atomic E-state index is -0.407. The topological polar surface area (TPSA) is 132 Å². The predicted molar refractivity (Wildman–Crippen MR) is 124 cm³/mol. The van der Waals surface area contributed by atoms with Crippen molar-refractivity contribution < 1.29 is 18.7 Å². The Morgan fingerprint density at radius 2 is 1.83 bits per heavy atom. The van der Waals surface area contributed by atoms with E-state index in [1.807, 2.05) is 0 Å². The zero-order valence-electron chi connectivity index (χ0n) is 18.8. The first kappa shape index (κ1) is 22.3. The second-order valence-electron chi connectivity index (χ2n) is 7.26. The molecule has 5 aromatic rings. The molecule has 0 spiro atoms. The van der Waals surface area contributed by atoms with Crippen LogP contribution < -0.4 is 19.8 Å². The molecule has 0 aliphatic carbocycles. The first-order valence-electron chi connectivity index (χ1n) is 10.2. The van der Waals surface area contributed by atoms with Crippen LogP contribution in [0.1, 0.15) is 5.89 Å². The molecule has 0 bridgehead atoms. The molecule has 0 saturated carbocycles. The second-order valence-corrected chi connectivity index (χ2v) is 7.69. The number of nitrogens with zero attached hydrogens (tertiary/aromatic N) is 7. The molecule has 3 aromatic heterocycles. The molecule has 0 atom stereocenters. The van der Waals surface area contributed by atoms with E-state index in [0.717, 1.165) is 0 Å². The van der Waals surface area contributed by atoms with E-state index in [1.54, 1.807) is 36.4 Å². The van der Waals surface area contributed by atoms with Gasteiger partial charge in [-0.15, -0.1) is 5.10 Å². The van der Waals surface area contributed by atoms with Crippen LogP contribution in [0.2, 0.25) is 5.02 Å². The molecule has 0 saturated heterocycles. The highest BCUT2D eigenvalue weighted by atomic mass is 35.5. The van der Waals surface area contributed by atoms with Crippen LogP contribution >= 0.6 is 11.6 Å². The quantitative estimate of drug-likeness (QED) is 0.332. The number of benzene rings is 2. The molecular weight excluding hydrogens is 478 g/mol. The van der Waals surface area contributed by atoms with Gasteiger partial charge in [0.25, 0.3) is 5.56 Å². The molecular formula is C22H18ClN7O5. The normalized spacial score (nSPS) is 11.1. The van der Waals surface area contributed by atoms with Crippen molar-refractivity contribution in [1.82, 2.24) is 34.7 Å². The maximum atomic E-state index is 13.0. The van der Waals surface area contributed by atoms with Crippen LogP contribution in [0, 0.1) is 0 Å². The van der Waals surface area contributed by atoms with E-state index in [-0.39, 0.29) is 23.8 Å². The summed E-state index contributed by atoms with van der Waals surface area (Å²) in [5.41, 5.74) is 1.21. The number of fused-ring (bicyclic) bond motifs is 1. The molecule has 0 amide bonds. The Labute approximate surface area is 202 Å². The average Bonchev–Trinajstić information content (AvgIpc) is 3.52. The van der Waals surface area contributed by atoms with E-state index in [1.165, 1.54) is 36.9 Å². The van der Waals surface area contributed by atoms with Crippen molar-refractivity contribution in [3.05, 3.63) is 64.0 Å². The molecule has 0 unspecified atom stereocenters. The summed E-state index contributed by atoms with van der Waals surface area (Å²) >= 11 is 6.06. The number of aromatic nitrogens is 7. The van der Waals surface area contributed by atoms with E-state index < -0.39 is 5.56 Å². The van der Waals surface area contributed by atoms with Crippen molar-refractivity contribution in [3.63, 3.8) is 0 Å². The summed E-state index contributed by atoms with van der Waals surface area (Å²) in [6.07, 6.45) is 1.37. The van der Waals surface area contributed by atoms with Crippen LogP contribution in [0.15, 0.2) is 52.0 Å². The molecule has 178 valence electrons. The van der Waals surface area contributed by atoms with E-state index in [2.05, 4.69) is 25.4 Å². The van der Waals surface area contributed by atoms with Gasteiger partial charge in [-0.05, 0) is 30.3 Å². The zero-order valence-corrected chi connectivity index (χ0v) is 19.6. The number of ether oxygens (including phenoxy) is 3. The molecule has 35 heavy (non-hydrogen) atoms. The molecule has 13 heteroatoms. The van der Waals surface area contributed by atoms with Crippen molar-refractivity contribution in [2.45, 2.75) is 6.54 Å². The standard InChI is InChI=1S/C22H18ClN7O5/c1-32-15-7-12(8-16(33-2)19(15)34-3)20-25-17(35-27-20)10-29-11-24-21-18(22(29)31)26-28-30(21)14-6-4-5-13(23)9-14/h4-9,11H,10H2,1-3H3. The smallest absolute Gasteiger partial charge is 0.284 e. The molecule has 0 fully saturated rings. The number of methoxy groups -OCH3 is 3. The number of hydrogen-bond donors (Lipinski definition) is 0. The van der Waals surface area contributed by atoms with E-state index in [9.17, 15) is 4.79 Å². The second kappa shape index (κ2) is 9.06. The molecule has 0 N–H and O–H groups in total. The first-order valence-corrected chi connectivity index (χ1v) is 10.6. The fraction of sp³-hybridized carbons (Fsp3) is 0.182. The molecule has 0 aliphatic heterocycles. The third kappa shape index (κ3) is 4.04. The van der Waals surface area contributed by atoms with Crippen LogP contribution in [0.4, 0.5) is 0 Å². The van der Waals surface area contributed by atoms with E-state index in [0.29, 0.717) is 39.2 Å². The lowest BCUT2D eigenvalue weighted by Crippen LogP contribution is -2.21. The van der Waals surface area contributed by atoms with Gasteiger partial charge in [0.05, 0.1) is 27.0 Å². The minimum absolute atomic E-state index is 0.0107. The van der Waals surface area contributed by atoms with Crippen LogP contribution in [0.5, 0.6) is 17.2 Å². The molecule has 3 heterocycles. The van der Waals surface area contributed by atoms with Crippen LogP contribution in [-0.4, -0.2) is 56.0 Å². The summed E-state index contributed by atoms with van der Waals surface area (Å²) in [5, 5.41) is 12.6. The summed E-state index contributed by atoms with van der Waals surface area (Å²) in [6, 6.07) is 10.4. The first-order chi connectivity index (χ1) is 17.0. The summed E-state index contributed by atoms with van der Waals surface area (Å²) in [5.74, 6) is 1.82. The molecule has 5 rings (SSSR count). The lowest BCUT2D eigenvalue weighted by Gasteiger charge is -2.12. The molecule has 12 nitrogen and oxygen atoms in total. The Hall–Kier alpha value is -4.45. The average molecular weight is 496 g/mol. The predicted octanol–water partition coefficient (Wildman–Crippen LogP) is 2.75. The Morgan fingerprint density at radius 1 is 1.06 bits per heavy atom. The van der Waals surface area contributed by atoms with Gasteiger partial charge < -0.3 is 18.7 Å². The summed E-state index contributed by atoms with van der Waals surface area (Å²) in [7, 11) is 4.55. The van der Waals surface area contributed by atoms with Crippen molar-refractivity contribution in [1.29, 1.82) is 0 Å². The van der Waals surface area contributed by atoms with Crippen molar-refractivity contribution >= 4 is 22.8 Å². The van der Waals surface area contributed by atoms with Gasteiger partial charge >= 0.3 is 0 Å². The van der Waals surface area contributed by atoms with Crippen molar-refractivity contribution in [3.8, 4) is 34.3 Å². The fourth-order valence-corrected chi connectivity index (χ4v) is 3.72. The lowest BCUT2D eigenvalue weighted by molar-refractivity contribution is 0.324. The summed E-state index contributed by atoms with van der Waals surface area (Å²) in [6.45, 7) is -0.0107. The third-order valence-electron chi connectivity index (χ3n) is 5.18. The van der Waals surface area contributed by atoms with Crippen molar-refractivity contribution in [2.75, 3.05) is 21.3 Å². The monoisotopic (exact) mass is 495 g/mol. The van der Waals surface area contributed by atoms with Gasteiger partial charge in [-0.3, -0.25) is 9.36 Å². The summed E-state index contributed by atoms with van der Waals surface area (Å²) in [4.78, 5) is 21.8. The fourth-order valence-electron chi connectivity index (χ4n) is 3.53. The van der Waals surface area contributed by atoms with E-state index in [4.69, 9.17) is 30.3 Å². The van der Waals surface area contributed by atoms with Crippen LogP contribution in [0.25, 0.3) is 28.2 Å². The number of halogens is 1. The van der Waals surface area contributed by atoms with Gasteiger partial charge in [0.1, 0.15) is 12.9 Å². The van der Waals surface area contributed by atoms with Crippen LogP contribution in [0.3, 0.4) is 0 Å². The zero-order chi connectivity index (χ0) is 24.5. The highest BCUT2D eigenvalue weighted by molar-refractivity contribution is 6.30. The molecule has 2 aromatic carbocycles. The van der Waals surface area contributed by atoms with Gasteiger partial charge in [-0.2, -0.15) is 9.67 Å². The molecule has 0 radical (unpaired) electrons. The highest BCUT2D eigenvalue weighted by Crippen LogP contribution is 2.40. The highest BCUT2D eigenvalue weighted by Gasteiger charge is 2.19. The van der Waals surface area contributed by atoms with Crippen molar-refractivity contribution in [2.24, 2.45) is 0 Å². The van der Waals surface area contributed by atoms with Gasteiger partial charge in [0.15, 0.2) is 22.7 Å². The Balaban J connectivity index is 1.46. The lowest BCUT2D eigenvalue weighted by atomic mass is 10.1. The Bertz CT molecular complexity index is 1570. The SMILES string of the molecule is COc1cc(-c2noc(Cn3cnc4c(nnn4-c4cccc(Cl)c4)c3=O)n2)cc(OC)c1OC. The van der Waals surface area contributed by atoms with Gasteiger partial charge in [0, 0.05) is 10.6 Å². The Kier molecular flexibility index (Phi) is 5.79. The van der Waals surface area contributed by atoms with Gasteiger partial charge in [-0.25, -0.2) is 4.98 Å². The maximum Gasteiger partial charge on any atom is 0.284 e. The van der Waals surface area contributed by atoms with Gasteiger partial charge in [-0.1, -0.05) is 28.0 Å². The third-order valence-corrected chi connectivity index (χ3v) is 5.41.